The summed E-state index contributed by atoms with van der Waals surface area (Å²) >= 11 is 0. The summed E-state index contributed by atoms with van der Waals surface area (Å²) in [6.07, 6.45) is -2.31. The first-order chi connectivity index (χ1) is 16.2. The van der Waals surface area contributed by atoms with Crippen molar-refractivity contribution in [2.45, 2.75) is 31.2 Å². The highest BCUT2D eigenvalue weighted by Crippen LogP contribution is 2.35. The van der Waals surface area contributed by atoms with Gasteiger partial charge >= 0.3 is 6.18 Å². The molecule has 7 nitrogen and oxygen atoms in total. The monoisotopic (exact) mass is 504 g/mol. The van der Waals surface area contributed by atoms with E-state index in [1.807, 2.05) is 19.9 Å². The van der Waals surface area contributed by atoms with E-state index in [1.165, 1.54) is 12.3 Å². The van der Waals surface area contributed by atoms with Gasteiger partial charge in [-0.15, -0.1) is 0 Å². The molecule has 1 aromatic heterocycles. The van der Waals surface area contributed by atoms with Crippen molar-refractivity contribution in [3.8, 4) is 11.3 Å². The van der Waals surface area contributed by atoms with Gasteiger partial charge in [-0.05, 0) is 47.5 Å². The molecule has 1 amide bonds. The van der Waals surface area contributed by atoms with Crippen LogP contribution in [0.5, 0.6) is 0 Å². The third kappa shape index (κ3) is 5.45. The molecule has 0 aliphatic carbocycles. The Labute approximate surface area is 200 Å². The molecule has 2 heterocycles. The maximum atomic E-state index is 13.4. The number of nitrogens with zero attached hydrogens (tertiary/aromatic N) is 2. The minimum absolute atomic E-state index is 0.127. The largest absolute Gasteiger partial charge is 0.416 e. The molecule has 0 radical (unpaired) electrons. The zero-order valence-electron chi connectivity index (χ0n) is 19.2. The molecular formula is C24H23F3N4O3S. The fraction of sp³-hybridized carbons (Fsp3) is 0.292. The highest BCUT2D eigenvalue weighted by Gasteiger charge is 2.34. The molecule has 11 heteroatoms. The zero-order chi connectivity index (χ0) is 25.6. The van der Waals surface area contributed by atoms with Crippen LogP contribution >= 0.6 is 0 Å². The van der Waals surface area contributed by atoms with Crippen LogP contribution in [0.4, 0.5) is 24.8 Å². The highest BCUT2D eigenvalue weighted by atomic mass is 32.2. The van der Waals surface area contributed by atoms with E-state index in [0.717, 1.165) is 29.5 Å². The first-order valence-electron chi connectivity index (χ1n) is 10.6. The number of sulfone groups is 1. The first-order valence-corrected chi connectivity index (χ1v) is 12.7. The molecular weight excluding hydrogens is 481 g/mol. The van der Waals surface area contributed by atoms with Gasteiger partial charge in [-0.3, -0.25) is 4.79 Å². The van der Waals surface area contributed by atoms with Crippen molar-refractivity contribution in [1.82, 2.24) is 15.3 Å². The summed E-state index contributed by atoms with van der Waals surface area (Å²) in [6.45, 7) is 4.56. The molecule has 0 unspecified atom stereocenters. The van der Waals surface area contributed by atoms with Crippen LogP contribution in [0.2, 0.25) is 0 Å². The number of halogens is 3. The Balaban J connectivity index is 1.67. The van der Waals surface area contributed by atoms with Gasteiger partial charge in [0, 0.05) is 41.2 Å². The van der Waals surface area contributed by atoms with Crippen LogP contribution in [-0.2, 0) is 27.2 Å². The van der Waals surface area contributed by atoms with E-state index in [0.29, 0.717) is 17.8 Å². The number of benzene rings is 2. The Morgan fingerprint density at radius 3 is 2.54 bits per heavy atom. The number of aromatic nitrogens is 2. The zero-order valence-corrected chi connectivity index (χ0v) is 20.0. The predicted molar refractivity (Wildman–Crippen MR) is 126 cm³/mol. The number of carbonyl (C=O) groups excluding carboxylic acids is 1. The third-order valence-electron chi connectivity index (χ3n) is 5.72. The number of alkyl halides is 3. The number of amides is 1. The van der Waals surface area contributed by atoms with Crippen LogP contribution in [0.15, 0.2) is 48.7 Å². The summed E-state index contributed by atoms with van der Waals surface area (Å²) in [5.74, 6) is -0.762. The lowest BCUT2D eigenvalue weighted by atomic mass is 9.78. The molecule has 0 saturated heterocycles. The molecule has 2 N–H and O–H groups in total. The van der Waals surface area contributed by atoms with Gasteiger partial charge in [0.2, 0.25) is 5.95 Å². The molecule has 184 valence electrons. The van der Waals surface area contributed by atoms with Gasteiger partial charge in [-0.1, -0.05) is 19.9 Å². The fourth-order valence-corrected chi connectivity index (χ4v) is 4.82. The van der Waals surface area contributed by atoms with Crippen LogP contribution in [0.25, 0.3) is 11.3 Å². The first kappa shape index (κ1) is 24.6. The normalized spacial score (nSPS) is 15.3. The van der Waals surface area contributed by atoms with Crippen LogP contribution in [-0.4, -0.2) is 37.1 Å². The Morgan fingerprint density at radius 1 is 1.11 bits per heavy atom. The number of fused-ring (bicyclic) bond motifs is 1. The summed E-state index contributed by atoms with van der Waals surface area (Å²) < 4.78 is 63.4. The second-order valence-corrected chi connectivity index (χ2v) is 11.3. The highest BCUT2D eigenvalue weighted by molar-refractivity contribution is 7.89. The lowest BCUT2D eigenvalue weighted by molar-refractivity contribution is -0.138. The quantitative estimate of drug-likeness (QED) is 0.532. The van der Waals surface area contributed by atoms with Crippen LogP contribution in [0.1, 0.15) is 40.9 Å². The fourth-order valence-electron chi connectivity index (χ4n) is 4.01. The molecule has 35 heavy (non-hydrogen) atoms. The number of rotatable bonds is 5. The smallest absolute Gasteiger partial charge is 0.351 e. The van der Waals surface area contributed by atoms with Crippen molar-refractivity contribution in [3.05, 3.63) is 70.9 Å². The van der Waals surface area contributed by atoms with Gasteiger partial charge < -0.3 is 10.6 Å². The Kier molecular flexibility index (Phi) is 6.08. The maximum Gasteiger partial charge on any atom is 0.416 e. The molecule has 0 atom stereocenters. The van der Waals surface area contributed by atoms with E-state index < -0.39 is 27.3 Å². The molecule has 0 bridgehead atoms. The van der Waals surface area contributed by atoms with Crippen LogP contribution in [0, 0.1) is 0 Å². The summed E-state index contributed by atoms with van der Waals surface area (Å²) in [5.41, 5.74) is 1.36. The minimum Gasteiger partial charge on any atom is -0.351 e. The van der Waals surface area contributed by atoms with Crippen LogP contribution in [0.3, 0.4) is 0 Å². The third-order valence-corrected chi connectivity index (χ3v) is 6.56. The van der Waals surface area contributed by atoms with E-state index in [-0.39, 0.29) is 28.5 Å². The average molecular weight is 505 g/mol. The van der Waals surface area contributed by atoms with Crippen molar-refractivity contribution in [2.24, 2.45) is 0 Å². The molecule has 0 spiro atoms. The topological polar surface area (TPSA) is 101 Å². The van der Waals surface area contributed by atoms with Crippen molar-refractivity contribution in [3.63, 3.8) is 0 Å². The van der Waals surface area contributed by atoms with E-state index in [1.54, 1.807) is 18.2 Å². The predicted octanol–water partition coefficient (Wildman–Crippen LogP) is 4.47. The Morgan fingerprint density at radius 2 is 1.86 bits per heavy atom. The van der Waals surface area contributed by atoms with E-state index >= 15 is 0 Å². The summed E-state index contributed by atoms with van der Waals surface area (Å²) in [7, 11) is -3.70. The summed E-state index contributed by atoms with van der Waals surface area (Å²) in [6, 6.07) is 10.3. The van der Waals surface area contributed by atoms with Gasteiger partial charge in [-0.2, -0.15) is 13.2 Å². The second-order valence-electron chi connectivity index (χ2n) is 9.16. The lowest BCUT2D eigenvalue weighted by Crippen LogP contribution is -2.43. The number of hydrogen-bond donors (Lipinski definition) is 2. The van der Waals surface area contributed by atoms with Crippen molar-refractivity contribution < 1.29 is 26.4 Å². The van der Waals surface area contributed by atoms with Gasteiger partial charge in [0.25, 0.3) is 5.91 Å². The Hall–Kier alpha value is -3.47. The number of hydrogen-bond acceptors (Lipinski definition) is 6. The summed E-state index contributed by atoms with van der Waals surface area (Å²) in [4.78, 5) is 20.8. The molecule has 1 aliphatic heterocycles. The van der Waals surface area contributed by atoms with Crippen LogP contribution < -0.4 is 10.6 Å². The van der Waals surface area contributed by atoms with Crippen molar-refractivity contribution in [1.29, 1.82) is 0 Å². The average Bonchev–Trinajstić information content (AvgIpc) is 2.75. The van der Waals surface area contributed by atoms with Crippen molar-refractivity contribution in [2.75, 3.05) is 18.1 Å². The molecule has 4 rings (SSSR count). The lowest BCUT2D eigenvalue weighted by Gasteiger charge is -2.32. The van der Waals surface area contributed by atoms with E-state index in [4.69, 9.17) is 0 Å². The van der Waals surface area contributed by atoms with Gasteiger partial charge in [0.05, 0.1) is 17.0 Å². The molecule has 0 fully saturated rings. The Bertz CT molecular complexity index is 1420. The number of anilines is 2. The van der Waals surface area contributed by atoms with Gasteiger partial charge in [0.15, 0.2) is 9.84 Å². The van der Waals surface area contributed by atoms with Crippen molar-refractivity contribution >= 4 is 27.4 Å². The number of nitrogens with one attached hydrogen (secondary N) is 2. The van der Waals surface area contributed by atoms with Gasteiger partial charge in [-0.25, -0.2) is 18.4 Å². The minimum atomic E-state index is -4.69. The molecule has 3 aromatic rings. The summed E-state index contributed by atoms with van der Waals surface area (Å²) in [5, 5.41) is 5.73. The standard InChI is InChI=1S/C24H23F3N4O3S/c1-23(2)13-29-21(32)17-6-4-14(11-19(17)23)20-8-9-28-22(31-20)30-16-5-7-18(24(25,26)27)15(10-16)12-35(3,33)34/h4-11H,12-13H2,1-3H3,(H,29,32)(H,28,30,31). The molecule has 0 saturated carbocycles. The maximum absolute atomic E-state index is 13.4. The van der Waals surface area contributed by atoms with Gasteiger partial charge in [0.1, 0.15) is 0 Å². The SMILES string of the molecule is CC1(C)CNC(=O)c2ccc(-c3ccnc(Nc4ccc(C(F)(F)F)c(CS(C)(=O)=O)c4)n3)cc21. The molecule has 2 aromatic carbocycles. The van der Waals surface area contributed by atoms with E-state index in [9.17, 15) is 26.4 Å². The number of carbonyl (C=O) groups is 1. The molecule has 1 aliphatic rings. The second kappa shape index (κ2) is 8.63. The van der Waals surface area contributed by atoms with E-state index in [2.05, 4.69) is 20.6 Å².